The molecular formula is C19H29NO. The molecule has 0 radical (unpaired) electrons. The minimum Gasteiger partial charge on any atom is -0.382 e. The van der Waals surface area contributed by atoms with Gasteiger partial charge < -0.3 is 10.1 Å². The smallest absolute Gasteiger partial charge is 0.0756 e. The summed E-state index contributed by atoms with van der Waals surface area (Å²) in [6, 6.07) is 8.94. The van der Waals surface area contributed by atoms with E-state index < -0.39 is 0 Å². The van der Waals surface area contributed by atoms with E-state index >= 15 is 0 Å². The molecule has 0 amide bonds. The van der Waals surface area contributed by atoms with E-state index in [2.05, 4.69) is 36.5 Å². The van der Waals surface area contributed by atoms with Gasteiger partial charge in [-0.15, -0.1) is 0 Å². The normalized spacial score (nSPS) is 23.8. The van der Waals surface area contributed by atoms with Crippen LogP contribution in [0.15, 0.2) is 24.3 Å². The lowest BCUT2D eigenvalue weighted by atomic mass is 9.98. The van der Waals surface area contributed by atoms with Gasteiger partial charge in [0.25, 0.3) is 0 Å². The SMILES string of the molecule is CCCCc1ccc(NCC2CCC3(CCCC3)O2)cc1. The van der Waals surface area contributed by atoms with Crippen molar-refractivity contribution in [3.05, 3.63) is 29.8 Å². The second-order valence-corrected chi connectivity index (χ2v) is 6.85. The first kappa shape index (κ1) is 14.9. The van der Waals surface area contributed by atoms with Gasteiger partial charge in [0.1, 0.15) is 0 Å². The van der Waals surface area contributed by atoms with Crippen LogP contribution in [0.2, 0.25) is 0 Å². The van der Waals surface area contributed by atoms with E-state index in [1.165, 1.54) is 69.0 Å². The van der Waals surface area contributed by atoms with Gasteiger partial charge in [0.2, 0.25) is 0 Å². The number of aryl methyl sites for hydroxylation is 1. The third kappa shape index (κ3) is 3.79. The maximum atomic E-state index is 6.35. The fourth-order valence-corrected chi connectivity index (χ4v) is 3.83. The minimum atomic E-state index is 0.260. The minimum absolute atomic E-state index is 0.260. The molecule has 1 N–H and O–H groups in total. The highest BCUT2D eigenvalue weighted by Crippen LogP contribution is 2.43. The van der Waals surface area contributed by atoms with Gasteiger partial charge in [-0.1, -0.05) is 38.3 Å². The summed E-state index contributed by atoms with van der Waals surface area (Å²) < 4.78 is 6.35. The average Bonchev–Trinajstić information content (AvgIpc) is 3.14. The predicted octanol–water partition coefficient (Wildman–Crippen LogP) is 4.93. The van der Waals surface area contributed by atoms with Crippen LogP contribution < -0.4 is 5.32 Å². The van der Waals surface area contributed by atoms with Gasteiger partial charge in [-0.05, 0) is 56.2 Å². The first-order valence-electron chi connectivity index (χ1n) is 8.80. The molecule has 1 saturated heterocycles. The monoisotopic (exact) mass is 287 g/mol. The van der Waals surface area contributed by atoms with E-state index in [-0.39, 0.29) is 5.60 Å². The summed E-state index contributed by atoms with van der Waals surface area (Å²) in [5.74, 6) is 0. The van der Waals surface area contributed by atoms with Crippen molar-refractivity contribution in [2.45, 2.75) is 76.4 Å². The Morgan fingerprint density at radius 3 is 2.62 bits per heavy atom. The number of nitrogens with one attached hydrogen (secondary N) is 1. The van der Waals surface area contributed by atoms with Gasteiger partial charge in [0.05, 0.1) is 11.7 Å². The second-order valence-electron chi connectivity index (χ2n) is 6.85. The molecule has 1 saturated carbocycles. The van der Waals surface area contributed by atoms with Crippen molar-refractivity contribution in [1.29, 1.82) is 0 Å². The second kappa shape index (κ2) is 6.83. The number of unbranched alkanes of at least 4 members (excludes halogenated alkanes) is 1. The molecular weight excluding hydrogens is 258 g/mol. The van der Waals surface area contributed by atoms with Crippen molar-refractivity contribution in [3.63, 3.8) is 0 Å². The molecule has 1 spiro atoms. The first-order valence-corrected chi connectivity index (χ1v) is 8.80. The van der Waals surface area contributed by atoms with Crippen LogP contribution in [-0.2, 0) is 11.2 Å². The van der Waals surface area contributed by atoms with Gasteiger partial charge in [-0.2, -0.15) is 0 Å². The highest BCUT2D eigenvalue weighted by Gasteiger charge is 2.41. The van der Waals surface area contributed by atoms with Crippen molar-refractivity contribution in [3.8, 4) is 0 Å². The maximum Gasteiger partial charge on any atom is 0.0756 e. The van der Waals surface area contributed by atoms with Crippen molar-refractivity contribution in [1.82, 2.24) is 0 Å². The number of rotatable bonds is 6. The molecule has 2 fully saturated rings. The fourth-order valence-electron chi connectivity index (χ4n) is 3.83. The zero-order chi connectivity index (χ0) is 14.5. The molecule has 3 rings (SSSR count). The Kier molecular flexibility index (Phi) is 4.84. The van der Waals surface area contributed by atoms with Crippen LogP contribution in [0.3, 0.4) is 0 Å². The number of ether oxygens (including phenoxy) is 1. The third-order valence-electron chi connectivity index (χ3n) is 5.16. The van der Waals surface area contributed by atoms with Crippen molar-refractivity contribution in [2.75, 3.05) is 11.9 Å². The molecule has 1 aliphatic carbocycles. The summed E-state index contributed by atoms with van der Waals surface area (Å²) in [5, 5.41) is 3.55. The van der Waals surface area contributed by atoms with E-state index in [4.69, 9.17) is 4.74 Å². The van der Waals surface area contributed by atoms with Crippen molar-refractivity contribution < 1.29 is 4.74 Å². The van der Waals surface area contributed by atoms with Gasteiger partial charge in [-0.3, -0.25) is 0 Å². The molecule has 1 atom stereocenters. The Morgan fingerprint density at radius 1 is 1.14 bits per heavy atom. The standard InChI is InChI=1S/C19H29NO/c1-2-3-6-16-7-9-17(10-8-16)20-15-18-11-14-19(21-18)12-4-5-13-19/h7-10,18,20H,2-6,11-15H2,1H3. The van der Waals surface area contributed by atoms with E-state index in [1.807, 2.05) is 0 Å². The third-order valence-corrected chi connectivity index (χ3v) is 5.16. The summed E-state index contributed by atoms with van der Waals surface area (Å²) in [6.07, 6.45) is 11.9. The summed E-state index contributed by atoms with van der Waals surface area (Å²) in [6.45, 7) is 3.20. The van der Waals surface area contributed by atoms with Gasteiger partial charge in [-0.25, -0.2) is 0 Å². The van der Waals surface area contributed by atoms with Crippen LogP contribution in [0.1, 0.15) is 63.9 Å². The lowest BCUT2D eigenvalue weighted by Gasteiger charge is -2.24. The van der Waals surface area contributed by atoms with Crippen LogP contribution in [-0.4, -0.2) is 18.2 Å². The molecule has 1 heterocycles. The maximum absolute atomic E-state index is 6.35. The van der Waals surface area contributed by atoms with E-state index in [1.54, 1.807) is 0 Å². The molecule has 1 unspecified atom stereocenters. The quantitative estimate of drug-likeness (QED) is 0.800. The topological polar surface area (TPSA) is 21.3 Å². The number of hydrogen-bond acceptors (Lipinski definition) is 2. The Hall–Kier alpha value is -1.02. The Labute approximate surface area is 129 Å². The van der Waals surface area contributed by atoms with Gasteiger partial charge in [0.15, 0.2) is 0 Å². The van der Waals surface area contributed by atoms with Crippen LogP contribution in [0.4, 0.5) is 5.69 Å². The van der Waals surface area contributed by atoms with Crippen LogP contribution in [0, 0.1) is 0 Å². The summed E-state index contributed by atoms with van der Waals surface area (Å²) >= 11 is 0. The molecule has 1 aromatic carbocycles. The fraction of sp³-hybridized carbons (Fsp3) is 0.684. The Balaban J connectivity index is 1.45. The Bertz CT molecular complexity index is 433. The van der Waals surface area contributed by atoms with Crippen LogP contribution >= 0.6 is 0 Å². The van der Waals surface area contributed by atoms with E-state index in [0.717, 1.165) is 6.54 Å². The van der Waals surface area contributed by atoms with Crippen molar-refractivity contribution in [2.24, 2.45) is 0 Å². The predicted molar refractivity (Wildman–Crippen MR) is 88.8 cm³/mol. The molecule has 2 nitrogen and oxygen atoms in total. The Morgan fingerprint density at radius 2 is 1.90 bits per heavy atom. The molecule has 0 aromatic heterocycles. The molecule has 2 heteroatoms. The zero-order valence-corrected chi connectivity index (χ0v) is 13.4. The molecule has 21 heavy (non-hydrogen) atoms. The summed E-state index contributed by atoms with van der Waals surface area (Å²) in [5.41, 5.74) is 2.94. The number of benzene rings is 1. The molecule has 0 bridgehead atoms. The number of anilines is 1. The van der Waals surface area contributed by atoms with Crippen molar-refractivity contribution >= 4 is 5.69 Å². The molecule has 2 aliphatic rings. The first-order chi connectivity index (χ1) is 10.3. The molecule has 1 aromatic rings. The summed E-state index contributed by atoms with van der Waals surface area (Å²) in [7, 11) is 0. The van der Waals surface area contributed by atoms with Gasteiger partial charge >= 0.3 is 0 Å². The van der Waals surface area contributed by atoms with E-state index in [9.17, 15) is 0 Å². The van der Waals surface area contributed by atoms with Crippen LogP contribution in [0.25, 0.3) is 0 Å². The molecule has 116 valence electrons. The van der Waals surface area contributed by atoms with Gasteiger partial charge in [0, 0.05) is 12.2 Å². The average molecular weight is 287 g/mol. The number of hydrogen-bond donors (Lipinski definition) is 1. The van der Waals surface area contributed by atoms with E-state index in [0.29, 0.717) is 6.10 Å². The largest absolute Gasteiger partial charge is 0.382 e. The lowest BCUT2D eigenvalue weighted by molar-refractivity contribution is -0.0307. The summed E-state index contributed by atoms with van der Waals surface area (Å²) in [4.78, 5) is 0. The van der Waals surface area contributed by atoms with Crippen LogP contribution in [0.5, 0.6) is 0 Å². The molecule has 1 aliphatic heterocycles. The zero-order valence-electron chi connectivity index (χ0n) is 13.4. The highest BCUT2D eigenvalue weighted by atomic mass is 16.5. The lowest BCUT2D eigenvalue weighted by Crippen LogP contribution is -2.27. The highest BCUT2D eigenvalue weighted by molar-refractivity contribution is 5.44.